The van der Waals surface area contributed by atoms with Gasteiger partial charge in [0.1, 0.15) is 0 Å². The van der Waals surface area contributed by atoms with Gasteiger partial charge in [-0.2, -0.15) is 0 Å². The van der Waals surface area contributed by atoms with Crippen molar-refractivity contribution >= 4 is 0 Å². The van der Waals surface area contributed by atoms with E-state index in [4.69, 9.17) is 0 Å². The third kappa shape index (κ3) is 2.59. The topological polar surface area (TPSA) is 24.9 Å². The number of hydrogen-bond acceptors (Lipinski definition) is 2. The van der Waals surface area contributed by atoms with Gasteiger partial charge in [0, 0.05) is 17.9 Å². The van der Waals surface area contributed by atoms with E-state index in [9.17, 15) is 0 Å². The average molecular weight is 246 g/mol. The molecule has 1 heterocycles. The molecular weight excluding hydrogens is 220 g/mol. The van der Waals surface area contributed by atoms with Crippen LogP contribution in [0.25, 0.3) is 0 Å². The molecule has 1 saturated carbocycles. The normalized spacial score (nSPS) is 19.9. The second-order valence-corrected chi connectivity index (χ2v) is 5.65. The van der Waals surface area contributed by atoms with Gasteiger partial charge >= 0.3 is 0 Å². The number of aryl methyl sites for hydroxylation is 1. The van der Waals surface area contributed by atoms with Crippen molar-refractivity contribution in [1.82, 2.24) is 10.3 Å². The van der Waals surface area contributed by atoms with Crippen molar-refractivity contribution in [3.63, 3.8) is 0 Å². The fraction of sp³-hybridized carbons (Fsp3) is 0.688. The number of rotatable bonds is 5. The van der Waals surface area contributed by atoms with Gasteiger partial charge in [0.2, 0.25) is 0 Å². The molecule has 0 saturated heterocycles. The van der Waals surface area contributed by atoms with Crippen molar-refractivity contribution in [3.05, 3.63) is 29.6 Å². The zero-order valence-corrected chi connectivity index (χ0v) is 12.0. The second kappa shape index (κ2) is 5.83. The summed E-state index contributed by atoms with van der Waals surface area (Å²) in [6.45, 7) is 7.63. The van der Waals surface area contributed by atoms with Gasteiger partial charge in [0.15, 0.2) is 0 Å². The second-order valence-electron chi connectivity index (χ2n) is 5.65. The lowest BCUT2D eigenvalue weighted by Gasteiger charge is -2.37. The Morgan fingerprint density at radius 1 is 1.28 bits per heavy atom. The molecule has 0 amide bonds. The summed E-state index contributed by atoms with van der Waals surface area (Å²) >= 11 is 0. The zero-order chi connectivity index (χ0) is 13.0. The summed E-state index contributed by atoms with van der Waals surface area (Å²) in [7, 11) is 0. The van der Waals surface area contributed by atoms with Crippen molar-refractivity contribution < 1.29 is 0 Å². The third-order valence-electron chi connectivity index (χ3n) is 4.59. The van der Waals surface area contributed by atoms with Gasteiger partial charge in [0.25, 0.3) is 0 Å². The molecule has 1 N–H and O–H groups in total. The molecule has 18 heavy (non-hydrogen) atoms. The van der Waals surface area contributed by atoms with E-state index in [1.165, 1.54) is 37.7 Å². The van der Waals surface area contributed by atoms with Gasteiger partial charge in [-0.05, 0) is 49.8 Å². The van der Waals surface area contributed by atoms with Crippen LogP contribution in [0.1, 0.15) is 63.3 Å². The van der Waals surface area contributed by atoms with Gasteiger partial charge in [-0.1, -0.05) is 32.8 Å². The van der Waals surface area contributed by atoms with E-state index < -0.39 is 0 Å². The summed E-state index contributed by atoms with van der Waals surface area (Å²) in [5.74, 6) is 0. The lowest BCUT2D eigenvalue weighted by Crippen LogP contribution is -2.36. The first-order chi connectivity index (χ1) is 8.72. The summed E-state index contributed by atoms with van der Waals surface area (Å²) in [5.41, 5.74) is 2.92. The van der Waals surface area contributed by atoms with Crippen LogP contribution < -0.4 is 5.32 Å². The van der Waals surface area contributed by atoms with Crippen LogP contribution in [0.3, 0.4) is 0 Å². The number of nitrogens with one attached hydrogen (secondary N) is 1. The highest BCUT2D eigenvalue weighted by Gasteiger charge is 2.40. The monoisotopic (exact) mass is 246 g/mol. The van der Waals surface area contributed by atoms with Crippen LogP contribution in [-0.2, 0) is 0 Å². The molecule has 1 aliphatic carbocycles. The highest BCUT2D eigenvalue weighted by molar-refractivity contribution is 5.20. The summed E-state index contributed by atoms with van der Waals surface area (Å²) in [5, 5.41) is 3.71. The van der Waals surface area contributed by atoms with E-state index in [2.05, 4.69) is 49.4 Å². The van der Waals surface area contributed by atoms with E-state index in [1.54, 1.807) is 0 Å². The van der Waals surface area contributed by atoms with Crippen molar-refractivity contribution in [1.29, 1.82) is 0 Å². The first-order valence-corrected chi connectivity index (χ1v) is 7.38. The fourth-order valence-corrected chi connectivity index (χ4v) is 3.47. The number of hydrogen-bond donors (Lipinski definition) is 1. The molecule has 0 aliphatic heterocycles. The molecule has 2 heteroatoms. The van der Waals surface area contributed by atoms with Gasteiger partial charge in [0.05, 0.1) is 0 Å². The van der Waals surface area contributed by atoms with Gasteiger partial charge in [-0.15, -0.1) is 0 Å². The van der Waals surface area contributed by atoms with Gasteiger partial charge in [-0.25, -0.2) is 0 Å². The Hall–Kier alpha value is -0.890. The minimum Gasteiger partial charge on any atom is -0.310 e. The maximum absolute atomic E-state index is 4.48. The Labute approximate surface area is 111 Å². The highest BCUT2D eigenvalue weighted by Crippen LogP contribution is 2.49. The first kappa shape index (κ1) is 13.5. The average Bonchev–Trinajstić information content (AvgIpc) is 2.87. The molecule has 1 aromatic rings. The first-order valence-electron chi connectivity index (χ1n) is 7.38. The van der Waals surface area contributed by atoms with Crippen LogP contribution in [-0.4, -0.2) is 11.5 Å². The summed E-state index contributed by atoms with van der Waals surface area (Å²) in [6.07, 6.45) is 8.81. The Morgan fingerprint density at radius 3 is 2.50 bits per heavy atom. The largest absolute Gasteiger partial charge is 0.310 e. The van der Waals surface area contributed by atoms with Crippen molar-refractivity contribution in [2.75, 3.05) is 6.54 Å². The van der Waals surface area contributed by atoms with Crippen molar-refractivity contribution in [2.45, 2.75) is 58.9 Å². The van der Waals surface area contributed by atoms with Crippen LogP contribution in [0.15, 0.2) is 18.3 Å². The SMILES string of the molecule is CCNC(c1ccc(C)nc1)C1(CC)CCCC1. The summed E-state index contributed by atoms with van der Waals surface area (Å²) in [4.78, 5) is 4.48. The van der Waals surface area contributed by atoms with E-state index in [0.717, 1.165) is 12.2 Å². The van der Waals surface area contributed by atoms with Crippen molar-refractivity contribution in [3.8, 4) is 0 Å². The fourth-order valence-electron chi connectivity index (χ4n) is 3.47. The molecule has 1 unspecified atom stereocenters. The van der Waals surface area contributed by atoms with Crippen LogP contribution in [0.5, 0.6) is 0 Å². The molecular formula is C16H26N2. The molecule has 2 rings (SSSR count). The minimum absolute atomic E-state index is 0.451. The molecule has 0 bridgehead atoms. The molecule has 1 aliphatic rings. The van der Waals surface area contributed by atoms with Crippen LogP contribution >= 0.6 is 0 Å². The predicted octanol–water partition coefficient (Wildman–Crippen LogP) is 4.01. The van der Waals surface area contributed by atoms with Crippen LogP contribution in [0.2, 0.25) is 0 Å². The molecule has 0 radical (unpaired) electrons. The molecule has 1 atom stereocenters. The highest BCUT2D eigenvalue weighted by atomic mass is 14.9. The maximum atomic E-state index is 4.48. The predicted molar refractivity (Wildman–Crippen MR) is 76.6 cm³/mol. The molecule has 1 aromatic heterocycles. The van der Waals surface area contributed by atoms with E-state index in [0.29, 0.717) is 11.5 Å². The van der Waals surface area contributed by atoms with E-state index in [1.807, 2.05) is 0 Å². The number of aromatic nitrogens is 1. The Morgan fingerprint density at radius 2 is 2.00 bits per heavy atom. The number of pyridine rings is 1. The molecule has 2 nitrogen and oxygen atoms in total. The molecule has 0 spiro atoms. The smallest absolute Gasteiger partial charge is 0.0392 e. The van der Waals surface area contributed by atoms with Crippen LogP contribution in [0, 0.1) is 12.3 Å². The summed E-state index contributed by atoms with van der Waals surface area (Å²) in [6, 6.07) is 4.87. The quantitative estimate of drug-likeness (QED) is 0.849. The van der Waals surface area contributed by atoms with E-state index >= 15 is 0 Å². The Bertz CT molecular complexity index is 363. The number of nitrogens with zero attached hydrogens (tertiary/aromatic N) is 1. The third-order valence-corrected chi connectivity index (χ3v) is 4.59. The van der Waals surface area contributed by atoms with E-state index in [-0.39, 0.29) is 0 Å². The Balaban J connectivity index is 2.29. The van der Waals surface area contributed by atoms with Crippen molar-refractivity contribution in [2.24, 2.45) is 5.41 Å². The lowest BCUT2D eigenvalue weighted by atomic mass is 9.73. The maximum Gasteiger partial charge on any atom is 0.0392 e. The Kier molecular flexibility index (Phi) is 4.39. The minimum atomic E-state index is 0.451. The summed E-state index contributed by atoms with van der Waals surface area (Å²) < 4.78 is 0. The molecule has 100 valence electrons. The van der Waals surface area contributed by atoms with Gasteiger partial charge < -0.3 is 5.32 Å². The van der Waals surface area contributed by atoms with Gasteiger partial charge in [-0.3, -0.25) is 4.98 Å². The standard InChI is InChI=1S/C16H26N2/c1-4-16(10-6-7-11-16)15(17-5-2)14-9-8-13(3)18-12-14/h8-9,12,15,17H,4-7,10-11H2,1-3H3. The molecule has 0 aromatic carbocycles. The zero-order valence-electron chi connectivity index (χ0n) is 12.0. The molecule has 1 fully saturated rings. The van der Waals surface area contributed by atoms with Crippen LogP contribution in [0.4, 0.5) is 0 Å². The lowest BCUT2D eigenvalue weighted by molar-refractivity contribution is 0.189.